The number of nitrogens with zero attached hydrogens (tertiary/aromatic N) is 5. The highest BCUT2D eigenvalue weighted by Crippen LogP contribution is 2.28. The molecule has 0 N–H and O–H groups in total. The number of piperazine rings is 1. The van der Waals surface area contributed by atoms with Crippen LogP contribution in [-0.2, 0) is 4.79 Å². The molecule has 0 bridgehead atoms. The van der Waals surface area contributed by atoms with Gasteiger partial charge in [-0.1, -0.05) is 23.2 Å². The summed E-state index contributed by atoms with van der Waals surface area (Å²) < 4.78 is 7.50. The average molecular weight is 420 g/mol. The number of carbonyl (C=O) groups excluding carboxylic acids is 1. The van der Waals surface area contributed by atoms with Crippen molar-refractivity contribution in [3.8, 4) is 5.75 Å². The van der Waals surface area contributed by atoms with Crippen molar-refractivity contribution in [2.75, 3.05) is 31.1 Å². The summed E-state index contributed by atoms with van der Waals surface area (Å²) in [6.45, 7) is 4.34. The predicted octanol–water partition coefficient (Wildman–Crippen LogP) is 3.15. The molecule has 2 aromatic heterocycles. The van der Waals surface area contributed by atoms with Crippen LogP contribution in [0.1, 0.15) is 6.92 Å². The smallest absolute Gasteiger partial charge is 0.263 e. The number of anilines is 1. The van der Waals surface area contributed by atoms with E-state index in [0.29, 0.717) is 42.0 Å². The van der Waals surface area contributed by atoms with Crippen LogP contribution in [0, 0.1) is 0 Å². The van der Waals surface area contributed by atoms with Gasteiger partial charge in [0.2, 0.25) is 0 Å². The molecule has 9 heteroatoms. The van der Waals surface area contributed by atoms with Crippen molar-refractivity contribution >= 4 is 40.6 Å². The molecule has 1 aliphatic rings. The Hall–Kier alpha value is -2.51. The molecule has 1 unspecified atom stereocenters. The van der Waals surface area contributed by atoms with Gasteiger partial charge in [-0.25, -0.2) is 9.50 Å². The molecule has 1 saturated heterocycles. The number of benzene rings is 1. The van der Waals surface area contributed by atoms with Crippen molar-refractivity contribution in [2.45, 2.75) is 13.0 Å². The summed E-state index contributed by atoms with van der Waals surface area (Å²) in [4.78, 5) is 20.9. The van der Waals surface area contributed by atoms with Crippen LogP contribution in [0.25, 0.3) is 5.65 Å². The van der Waals surface area contributed by atoms with Crippen molar-refractivity contribution in [3.05, 3.63) is 52.8 Å². The maximum Gasteiger partial charge on any atom is 0.263 e. The van der Waals surface area contributed by atoms with Crippen molar-refractivity contribution in [1.29, 1.82) is 0 Å². The molecule has 0 radical (unpaired) electrons. The van der Waals surface area contributed by atoms with Gasteiger partial charge in [-0.2, -0.15) is 0 Å². The van der Waals surface area contributed by atoms with Gasteiger partial charge in [0.15, 0.2) is 11.8 Å². The number of carbonyl (C=O) groups is 1. The van der Waals surface area contributed by atoms with E-state index in [1.54, 1.807) is 40.7 Å². The Bertz CT molecular complexity index is 1000. The van der Waals surface area contributed by atoms with E-state index in [0.717, 1.165) is 11.5 Å². The average Bonchev–Trinajstić information content (AvgIpc) is 3.17. The molecule has 7 nitrogen and oxygen atoms in total. The minimum Gasteiger partial charge on any atom is -0.479 e. The van der Waals surface area contributed by atoms with Gasteiger partial charge >= 0.3 is 0 Å². The van der Waals surface area contributed by atoms with Gasteiger partial charge in [-0.05, 0) is 37.3 Å². The first-order valence-corrected chi connectivity index (χ1v) is 9.73. The highest BCUT2D eigenvalue weighted by atomic mass is 35.5. The third-order valence-corrected chi connectivity index (χ3v) is 5.23. The molecule has 1 aromatic carbocycles. The zero-order valence-electron chi connectivity index (χ0n) is 15.3. The summed E-state index contributed by atoms with van der Waals surface area (Å²) in [5.41, 5.74) is 0.810. The number of ether oxygens (including phenoxy) is 1. The fourth-order valence-corrected chi connectivity index (χ4v) is 3.65. The Morgan fingerprint density at radius 1 is 1.14 bits per heavy atom. The number of hydrogen-bond acceptors (Lipinski definition) is 5. The summed E-state index contributed by atoms with van der Waals surface area (Å²) >= 11 is 12.0. The first kappa shape index (κ1) is 18.8. The number of fused-ring (bicyclic) bond motifs is 1. The van der Waals surface area contributed by atoms with E-state index in [1.165, 1.54) is 0 Å². The molecule has 3 heterocycles. The van der Waals surface area contributed by atoms with Crippen LogP contribution in [-0.4, -0.2) is 57.7 Å². The van der Waals surface area contributed by atoms with Crippen LogP contribution in [0.15, 0.2) is 42.7 Å². The van der Waals surface area contributed by atoms with Gasteiger partial charge in [0.05, 0.1) is 5.02 Å². The first-order valence-electron chi connectivity index (χ1n) is 8.97. The second-order valence-electron chi connectivity index (χ2n) is 6.57. The number of hydrogen-bond donors (Lipinski definition) is 0. The molecular formula is C19H19Cl2N5O2. The Labute approximate surface area is 172 Å². The van der Waals surface area contributed by atoms with Gasteiger partial charge in [0.25, 0.3) is 5.91 Å². The number of rotatable bonds is 4. The highest BCUT2D eigenvalue weighted by molar-refractivity contribution is 6.35. The third-order valence-electron chi connectivity index (χ3n) is 4.70. The molecule has 1 aliphatic heterocycles. The summed E-state index contributed by atoms with van der Waals surface area (Å²) in [5, 5.41) is 5.47. The maximum absolute atomic E-state index is 12.7. The van der Waals surface area contributed by atoms with E-state index >= 15 is 0 Å². The van der Waals surface area contributed by atoms with Gasteiger partial charge in [0.1, 0.15) is 11.6 Å². The molecule has 1 atom stereocenters. The first-order chi connectivity index (χ1) is 13.5. The van der Waals surface area contributed by atoms with E-state index < -0.39 is 6.10 Å². The monoisotopic (exact) mass is 419 g/mol. The zero-order valence-corrected chi connectivity index (χ0v) is 16.8. The van der Waals surface area contributed by atoms with E-state index in [4.69, 9.17) is 27.9 Å². The van der Waals surface area contributed by atoms with Crippen LogP contribution >= 0.6 is 23.2 Å². The van der Waals surface area contributed by atoms with Crippen molar-refractivity contribution in [1.82, 2.24) is 19.5 Å². The van der Waals surface area contributed by atoms with E-state index in [9.17, 15) is 4.79 Å². The largest absolute Gasteiger partial charge is 0.479 e. The minimum absolute atomic E-state index is 0.0660. The van der Waals surface area contributed by atoms with Crippen molar-refractivity contribution in [3.63, 3.8) is 0 Å². The predicted molar refractivity (Wildman–Crippen MR) is 108 cm³/mol. The van der Waals surface area contributed by atoms with Gasteiger partial charge < -0.3 is 14.5 Å². The molecule has 0 spiro atoms. The van der Waals surface area contributed by atoms with E-state index in [2.05, 4.69) is 15.0 Å². The second kappa shape index (κ2) is 7.85. The molecule has 28 heavy (non-hydrogen) atoms. The standard InChI is InChI=1S/C19H19Cl2N5O2/c1-13(28-16-3-2-14(20)12-15(16)21)19(27)25-10-8-24(9-11-25)18-5-4-17-22-6-7-26(17)23-18/h2-7,12-13H,8-11H2,1H3. The lowest BCUT2D eigenvalue weighted by atomic mass is 10.2. The summed E-state index contributed by atoms with van der Waals surface area (Å²) in [6.07, 6.45) is 2.90. The Balaban J connectivity index is 1.36. The van der Waals surface area contributed by atoms with E-state index in [1.807, 2.05) is 18.3 Å². The molecule has 0 aliphatic carbocycles. The topological polar surface area (TPSA) is 63.0 Å². The third kappa shape index (κ3) is 3.86. The quantitative estimate of drug-likeness (QED) is 0.649. The summed E-state index contributed by atoms with van der Waals surface area (Å²) in [5.74, 6) is 1.25. The van der Waals surface area contributed by atoms with Gasteiger partial charge in [-0.15, -0.1) is 5.10 Å². The normalized spacial score (nSPS) is 15.7. The molecule has 0 saturated carbocycles. The minimum atomic E-state index is -0.634. The highest BCUT2D eigenvalue weighted by Gasteiger charge is 2.27. The number of aromatic nitrogens is 3. The fourth-order valence-electron chi connectivity index (χ4n) is 3.20. The molecule has 3 aromatic rings. The zero-order chi connectivity index (χ0) is 19.7. The van der Waals surface area contributed by atoms with Crippen molar-refractivity contribution < 1.29 is 9.53 Å². The number of halogens is 2. The van der Waals surface area contributed by atoms with Crippen molar-refractivity contribution in [2.24, 2.45) is 0 Å². The molecule has 4 rings (SSSR count). The Kier molecular flexibility index (Phi) is 5.28. The SMILES string of the molecule is CC(Oc1ccc(Cl)cc1Cl)C(=O)N1CCN(c2ccc3nccn3n2)CC1. The van der Waals surface area contributed by atoms with Crippen LogP contribution < -0.4 is 9.64 Å². The Morgan fingerprint density at radius 2 is 1.93 bits per heavy atom. The molecule has 146 valence electrons. The fraction of sp³-hybridized carbons (Fsp3) is 0.316. The molecule has 1 fully saturated rings. The van der Waals surface area contributed by atoms with E-state index in [-0.39, 0.29) is 5.91 Å². The van der Waals surface area contributed by atoms with Gasteiger partial charge in [0, 0.05) is 43.6 Å². The summed E-state index contributed by atoms with van der Waals surface area (Å²) in [7, 11) is 0. The second-order valence-corrected chi connectivity index (χ2v) is 7.41. The summed E-state index contributed by atoms with van der Waals surface area (Å²) in [6, 6.07) is 8.84. The molecular weight excluding hydrogens is 401 g/mol. The lowest BCUT2D eigenvalue weighted by molar-refractivity contribution is -0.138. The lowest BCUT2D eigenvalue weighted by Crippen LogP contribution is -2.52. The lowest BCUT2D eigenvalue weighted by Gasteiger charge is -2.36. The molecule has 1 amide bonds. The van der Waals surface area contributed by atoms with Gasteiger partial charge in [-0.3, -0.25) is 4.79 Å². The Morgan fingerprint density at radius 3 is 2.68 bits per heavy atom. The number of imidazole rings is 1. The van der Waals surface area contributed by atoms with Crippen LogP contribution in [0.4, 0.5) is 5.82 Å². The maximum atomic E-state index is 12.7. The van der Waals surface area contributed by atoms with Crippen LogP contribution in [0.2, 0.25) is 10.0 Å². The van der Waals surface area contributed by atoms with Crippen LogP contribution in [0.5, 0.6) is 5.75 Å². The van der Waals surface area contributed by atoms with Crippen LogP contribution in [0.3, 0.4) is 0 Å². The number of amides is 1.